The van der Waals surface area contributed by atoms with Gasteiger partial charge in [0.05, 0.1) is 11.1 Å². The maximum absolute atomic E-state index is 13.5. The van der Waals surface area contributed by atoms with Crippen LogP contribution in [0.3, 0.4) is 0 Å². The minimum absolute atomic E-state index is 0.146. The Kier molecular flexibility index (Phi) is 4.24. The van der Waals surface area contributed by atoms with Crippen molar-refractivity contribution in [3.63, 3.8) is 0 Å². The molecule has 4 nitrogen and oxygen atoms in total. The Bertz CT molecular complexity index is 977. The van der Waals surface area contributed by atoms with Gasteiger partial charge in [0, 0.05) is 48.3 Å². The van der Waals surface area contributed by atoms with E-state index in [1.54, 1.807) is 23.7 Å². The van der Waals surface area contributed by atoms with Crippen molar-refractivity contribution < 1.29 is 18.7 Å². The van der Waals surface area contributed by atoms with Crippen LogP contribution in [0.4, 0.5) is 8.78 Å². The quantitative estimate of drug-likeness (QED) is 0.696. The van der Waals surface area contributed by atoms with Gasteiger partial charge in [-0.1, -0.05) is 11.6 Å². The first-order valence-corrected chi connectivity index (χ1v) is 7.88. The van der Waals surface area contributed by atoms with E-state index in [1.807, 2.05) is 0 Å². The van der Waals surface area contributed by atoms with E-state index >= 15 is 0 Å². The van der Waals surface area contributed by atoms with Crippen molar-refractivity contribution in [2.45, 2.75) is 19.3 Å². The molecule has 0 saturated carbocycles. The van der Waals surface area contributed by atoms with E-state index < -0.39 is 5.92 Å². The molecule has 1 N–H and O–H groups in total. The lowest BCUT2D eigenvalue weighted by atomic mass is 10.0. The molecular formula is C18H15ClF2N2O2. The number of aldehydes is 1. The van der Waals surface area contributed by atoms with Crippen LogP contribution in [0.5, 0.6) is 5.75 Å². The first-order valence-electron chi connectivity index (χ1n) is 7.50. The number of halogens is 3. The van der Waals surface area contributed by atoms with Gasteiger partial charge >= 0.3 is 0 Å². The van der Waals surface area contributed by atoms with Gasteiger partial charge in [0.25, 0.3) is 5.92 Å². The topological polar surface area (TPSA) is 55.1 Å². The van der Waals surface area contributed by atoms with E-state index in [-0.39, 0.29) is 23.4 Å². The standard InChI is InChI=1S/C18H15ClF2N2O2/c1-18(20,21)16-7-15-11(8-22-16)5-12(23(15)2)6-13-14(19)4-3-10(9-24)17(13)25/h3-5,7-9,25H,6H2,1-2H3. The highest BCUT2D eigenvalue weighted by Crippen LogP contribution is 2.33. The highest BCUT2D eigenvalue weighted by Gasteiger charge is 2.27. The van der Waals surface area contributed by atoms with Crippen molar-refractivity contribution in [2.24, 2.45) is 7.05 Å². The summed E-state index contributed by atoms with van der Waals surface area (Å²) in [6.45, 7) is 0.799. The van der Waals surface area contributed by atoms with Crippen LogP contribution in [0.1, 0.15) is 34.2 Å². The Morgan fingerprint density at radius 3 is 2.72 bits per heavy atom. The number of aromatic hydroxyl groups is 1. The molecule has 1 aromatic carbocycles. The summed E-state index contributed by atoms with van der Waals surface area (Å²) in [6.07, 6.45) is 2.19. The van der Waals surface area contributed by atoms with E-state index in [0.717, 1.165) is 12.6 Å². The van der Waals surface area contributed by atoms with E-state index in [2.05, 4.69) is 4.98 Å². The van der Waals surface area contributed by atoms with Crippen molar-refractivity contribution in [3.05, 3.63) is 58.0 Å². The van der Waals surface area contributed by atoms with Gasteiger partial charge in [-0.2, -0.15) is 8.78 Å². The first kappa shape index (κ1) is 17.4. The first-order chi connectivity index (χ1) is 11.7. The van der Waals surface area contributed by atoms with Crippen LogP contribution in [0.15, 0.2) is 30.5 Å². The number of fused-ring (bicyclic) bond motifs is 1. The molecule has 0 aliphatic rings. The van der Waals surface area contributed by atoms with E-state index in [1.165, 1.54) is 18.3 Å². The number of carbonyl (C=O) groups excluding carboxylic acids is 1. The molecule has 2 aromatic heterocycles. The van der Waals surface area contributed by atoms with Crippen molar-refractivity contribution in [1.82, 2.24) is 9.55 Å². The number of hydrogen-bond acceptors (Lipinski definition) is 3. The molecule has 25 heavy (non-hydrogen) atoms. The number of rotatable bonds is 4. The molecule has 0 aliphatic carbocycles. The number of alkyl halides is 2. The maximum atomic E-state index is 13.5. The van der Waals surface area contributed by atoms with Gasteiger partial charge in [0.1, 0.15) is 11.4 Å². The molecular weight excluding hydrogens is 350 g/mol. The summed E-state index contributed by atoms with van der Waals surface area (Å²) >= 11 is 6.15. The molecule has 0 amide bonds. The Balaban J connectivity index is 2.09. The molecule has 0 unspecified atom stereocenters. The Morgan fingerprint density at radius 2 is 2.08 bits per heavy atom. The van der Waals surface area contributed by atoms with Crippen LogP contribution in [-0.4, -0.2) is 20.9 Å². The monoisotopic (exact) mass is 364 g/mol. The summed E-state index contributed by atoms with van der Waals surface area (Å²) in [5.41, 5.74) is 1.59. The molecule has 3 aromatic rings. The van der Waals surface area contributed by atoms with E-state index in [4.69, 9.17) is 11.6 Å². The third-order valence-electron chi connectivity index (χ3n) is 4.22. The van der Waals surface area contributed by atoms with Crippen LogP contribution in [0.25, 0.3) is 10.9 Å². The largest absolute Gasteiger partial charge is 0.507 e. The Hall–Kier alpha value is -2.47. The minimum Gasteiger partial charge on any atom is -0.507 e. The number of benzene rings is 1. The van der Waals surface area contributed by atoms with E-state index in [9.17, 15) is 18.7 Å². The molecule has 0 aliphatic heterocycles. The van der Waals surface area contributed by atoms with Crippen molar-refractivity contribution in [1.29, 1.82) is 0 Å². The number of carbonyl (C=O) groups is 1. The number of aryl methyl sites for hydroxylation is 1. The predicted molar refractivity (Wildman–Crippen MR) is 91.6 cm³/mol. The van der Waals surface area contributed by atoms with E-state index in [0.29, 0.717) is 27.8 Å². The summed E-state index contributed by atoms with van der Waals surface area (Å²) in [5.74, 6) is -3.20. The SMILES string of the molecule is Cn1c(Cc2c(Cl)ccc(C=O)c2O)cc2cnc(C(C)(F)F)cc21. The average molecular weight is 365 g/mol. The van der Waals surface area contributed by atoms with Gasteiger partial charge in [0.15, 0.2) is 6.29 Å². The number of aromatic nitrogens is 2. The highest BCUT2D eigenvalue weighted by molar-refractivity contribution is 6.31. The molecule has 3 rings (SSSR count). The summed E-state index contributed by atoms with van der Waals surface area (Å²) in [6, 6.07) is 6.13. The second kappa shape index (κ2) is 6.11. The fourth-order valence-electron chi connectivity index (χ4n) is 2.77. The average Bonchev–Trinajstić information content (AvgIpc) is 2.86. The molecule has 0 bridgehead atoms. The molecule has 7 heteroatoms. The molecule has 0 saturated heterocycles. The Morgan fingerprint density at radius 1 is 1.36 bits per heavy atom. The molecule has 0 spiro atoms. The normalized spacial score (nSPS) is 11.9. The lowest BCUT2D eigenvalue weighted by Crippen LogP contribution is -2.09. The summed E-state index contributed by atoms with van der Waals surface area (Å²) in [4.78, 5) is 14.8. The van der Waals surface area contributed by atoms with Crippen LogP contribution < -0.4 is 0 Å². The fraction of sp³-hybridized carbons (Fsp3) is 0.222. The van der Waals surface area contributed by atoms with Gasteiger partial charge in [-0.05, 0) is 24.3 Å². The number of phenols is 1. The van der Waals surface area contributed by atoms with Gasteiger partial charge in [-0.15, -0.1) is 0 Å². The zero-order valence-electron chi connectivity index (χ0n) is 13.6. The number of nitrogens with zero attached hydrogens (tertiary/aromatic N) is 2. The van der Waals surface area contributed by atoms with Crippen molar-refractivity contribution in [2.75, 3.05) is 0 Å². The molecule has 0 fully saturated rings. The highest BCUT2D eigenvalue weighted by atomic mass is 35.5. The van der Waals surface area contributed by atoms with Crippen LogP contribution in [0.2, 0.25) is 5.02 Å². The molecule has 2 heterocycles. The lowest BCUT2D eigenvalue weighted by Gasteiger charge is -2.11. The smallest absolute Gasteiger partial charge is 0.287 e. The zero-order valence-corrected chi connectivity index (χ0v) is 14.3. The van der Waals surface area contributed by atoms with Crippen molar-refractivity contribution >= 4 is 28.8 Å². The van der Waals surface area contributed by atoms with Gasteiger partial charge < -0.3 is 9.67 Å². The van der Waals surface area contributed by atoms with Crippen LogP contribution >= 0.6 is 11.6 Å². The summed E-state index contributed by atoms with van der Waals surface area (Å²) in [5, 5.41) is 11.2. The van der Waals surface area contributed by atoms with Gasteiger partial charge in [-0.25, -0.2) is 0 Å². The maximum Gasteiger partial charge on any atom is 0.287 e. The number of pyridine rings is 1. The Labute approximate surface area is 147 Å². The fourth-order valence-corrected chi connectivity index (χ4v) is 2.99. The third kappa shape index (κ3) is 3.09. The molecule has 130 valence electrons. The number of hydrogen-bond donors (Lipinski definition) is 1. The van der Waals surface area contributed by atoms with Gasteiger partial charge in [0.2, 0.25) is 0 Å². The van der Waals surface area contributed by atoms with Crippen molar-refractivity contribution in [3.8, 4) is 5.75 Å². The lowest BCUT2D eigenvalue weighted by molar-refractivity contribution is 0.0129. The second-order valence-corrected chi connectivity index (χ2v) is 6.38. The predicted octanol–water partition coefficient (Wildman–Crippen LogP) is 4.45. The second-order valence-electron chi connectivity index (χ2n) is 5.97. The van der Waals surface area contributed by atoms with Gasteiger partial charge in [-0.3, -0.25) is 9.78 Å². The summed E-state index contributed by atoms with van der Waals surface area (Å²) < 4.78 is 28.7. The summed E-state index contributed by atoms with van der Waals surface area (Å²) in [7, 11) is 1.74. The van der Waals surface area contributed by atoms with Crippen LogP contribution in [0, 0.1) is 0 Å². The number of phenolic OH excluding ortho intramolecular Hbond substituents is 1. The third-order valence-corrected chi connectivity index (χ3v) is 4.57. The van der Waals surface area contributed by atoms with Crippen LogP contribution in [-0.2, 0) is 19.4 Å². The molecule has 0 radical (unpaired) electrons. The molecule has 0 atom stereocenters. The zero-order chi connectivity index (χ0) is 18.4. The minimum atomic E-state index is -3.03.